The Balaban J connectivity index is 2.29. The zero-order chi connectivity index (χ0) is 11.5. The van der Waals surface area contributed by atoms with Gasteiger partial charge in [0.25, 0.3) is 5.91 Å². The number of halogens is 1. The van der Waals surface area contributed by atoms with Gasteiger partial charge >= 0.3 is 0 Å². The van der Waals surface area contributed by atoms with E-state index in [1.54, 1.807) is 0 Å². The standard InChI is InChI=1S/C12H14BrNO2/c1-2-4-14-12(15)10-7-9(13)6-8-3-5-16-11(8)10/h6-7H,2-5H2,1H3,(H,14,15). The van der Waals surface area contributed by atoms with Gasteiger partial charge in [-0.1, -0.05) is 22.9 Å². The van der Waals surface area contributed by atoms with Crippen LogP contribution in [0.15, 0.2) is 16.6 Å². The van der Waals surface area contributed by atoms with Crippen molar-refractivity contribution in [3.8, 4) is 5.75 Å². The third-order valence-corrected chi connectivity index (χ3v) is 2.99. The van der Waals surface area contributed by atoms with Crippen molar-refractivity contribution in [2.45, 2.75) is 19.8 Å². The van der Waals surface area contributed by atoms with Crippen molar-refractivity contribution in [1.82, 2.24) is 5.32 Å². The molecule has 0 unspecified atom stereocenters. The Morgan fingerprint density at radius 1 is 1.56 bits per heavy atom. The monoisotopic (exact) mass is 283 g/mol. The number of amides is 1. The Hall–Kier alpha value is -1.03. The summed E-state index contributed by atoms with van der Waals surface area (Å²) in [5, 5.41) is 2.87. The number of hydrogen-bond acceptors (Lipinski definition) is 2. The van der Waals surface area contributed by atoms with Crippen LogP contribution in [-0.4, -0.2) is 19.1 Å². The Labute approximate surface area is 103 Å². The molecule has 1 aliphatic heterocycles. The lowest BCUT2D eigenvalue weighted by Gasteiger charge is -2.09. The van der Waals surface area contributed by atoms with Gasteiger partial charge in [-0.05, 0) is 24.1 Å². The summed E-state index contributed by atoms with van der Waals surface area (Å²) in [6, 6.07) is 3.83. The smallest absolute Gasteiger partial charge is 0.255 e. The van der Waals surface area contributed by atoms with Crippen molar-refractivity contribution in [2.24, 2.45) is 0 Å². The quantitative estimate of drug-likeness (QED) is 0.926. The van der Waals surface area contributed by atoms with Gasteiger partial charge in [-0.15, -0.1) is 0 Å². The second-order valence-electron chi connectivity index (χ2n) is 3.80. The first-order valence-electron chi connectivity index (χ1n) is 5.45. The van der Waals surface area contributed by atoms with Crippen molar-refractivity contribution in [2.75, 3.05) is 13.2 Å². The number of benzene rings is 1. The molecule has 3 nitrogen and oxygen atoms in total. The van der Waals surface area contributed by atoms with Crippen LogP contribution in [0.1, 0.15) is 29.3 Å². The van der Waals surface area contributed by atoms with E-state index in [0.717, 1.165) is 28.6 Å². The molecule has 0 saturated heterocycles. The maximum Gasteiger partial charge on any atom is 0.255 e. The highest BCUT2D eigenvalue weighted by molar-refractivity contribution is 9.10. The van der Waals surface area contributed by atoms with Crippen LogP contribution < -0.4 is 10.1 Å². The van der Waals surface area contributed by atoms with Gasteiger partial charge in [0.15, 0.2) is 0 Å². The lowest BCUT2D eigenvalue weighted by atomic mass is 10.1. The fourth-order valence-electron chi connectivity index (χ4n) is 1.77. The predicted octanol–water partition coefficient (Wildman–Crippen LogP) is 2.52. The lowest BCUT2D eigenvalue weighted by Crippen LogP contribution is -2.24. The third-order valence-electron chi connectivity index (χ3n) is 2.53. The topological polar surface area (TPSA) is 38.3 Å². The van der Waals surface area contributed by atoms with Gasteiger partial charge in [0.1, 0.15) is 5.75 Å². The summed E-state index contributed by atoms with van der Waals surface area (Å²) in [4.78, 5) is 11.9. The first kappa shape index (κ1) is 11.5. The molecule has 1 aromatic carbocycles. The summed E-state index contributed by atoms with van der Waals surface area (Å²) >= 11 is 3.42. The summed E-state index contributed by atoms with van der Waals surface area (Å²) in [7, 11) is 0. The molecule has 1 amide bonds. The van der Waals surface area contributed by atoms with E-state index in [4.69, 9.17) is 4.74 Å². The number of ether oxygens (including phenoxy) is 1. The van der Waals surface area contributed by atoms with E-state index in [0.29, 0.717) is 18.7 Å². The Kier molecular flexibility index (Phi) is 3.49. The van der Waals surface area contributed by atoms with E-state index in [2.05, 4.69) is 21.2 Å². The van der Waals surface area contributed by atoms with Crippen molar-refractivity contribution in [3.05, 3.63) is 27.7 Å². The zero-order valence-corrected chi connectivity index (χ0v) is 10.8. The van der Waals surface area contributed by atoms with Crippen molar-refractivity contribution < 1.29 is 9.53 Å². The minimum absolute atomic E-state index is 0.0544. The fraction of sp³-hybridized carbons (Fsp3) is 0.417. The van der Waals surface area contributed by atoms with Crippen molar-refractivity contribution in [1.29, 1.82) is 0 Å². The van der Waals surface area contributed by atoms with Crippen molar-refractivity contribution >= 4 is 21.8 Å². The van der Waals surface area contributed by atoms with E-state index in [9.17, 15) is 4.79 Å². The molecule has 0 bridgehead atoms. The van der Waals surface area contributed by atoms with Gasteiger partial charge < -0.3 is 10.1 Å². The molecular formula is C12H14BrNO2. The first-order valence-corrected chi connectivity index (χ1v) is 6.25. The summed E-state index contributed by atoms with van der Waals surface area (Å²) < 4.78 is 6.43. The van der Waals surface area contributed by atoms with Crippen LogP contribution in [0.3, 0.4) is 0 Å². The molecular weight excluding hydrogens is 270 g/mol. The van der Waals surface area contributed by atoms with Gasteiger partial charge in [0.05, 0.1) is 12.2 Å². The normalized spacial score (nSPS) is 13.1. The van der Waals surface area contributed by atoms with E-state index in [-0.39, 0.29) is 5.91 Å². The molecule has 1 aliphatic rings. The number of rotatable bonds is 3. The minimum Gasteiger partial charge on any atom is -0.492 e. The zero-order valence-electron chi connectivity index (χ0n) is 9.18. The van der Waals surface area contributed by atoms with E-state index >= 15 is 0 Å². The number of hydrogen-bond donors (Lipinski definition) is 1. The summed E-state index contributed by atoms with van der Waals surface area (Å²) in [6.07, 6.45) is 1.81. The largest absolute Gasteiger partial charge is 0.492 e. The molecule has 0 saturated carbocycles. The summed E-state index contributed by atoms with van der Waals surface area (Å²) in [5.74, 6) is 0.693. The van der Waals surface area contributed by atoms with E-state index in [1.807, 2.05) is 19.1 Å². The second kappa shape index (κ2) is 4.87. The predicted molar refractivity (Wildman–Crippen MR) is 66.0 cm³/mol. The lowest BCUT2D eigenvalue weighted by molar-refractivity contribution is 0.0950. The molecule has 1 heterocycles. The molecule has 0 aromatic heterocycles. The van der Waals surface area contributed by atoms with Crippen LogP contribution >= 0.6 is 15.9 Å². The molecule has 2 rings (SSSR count). The summed E-state index contributed by atoms with van der Waals surface area (Å²) in [5.41, 5.74) is 1.74. The molecule has 1 aromatic rings. The number of carbonyl (C=O) groups excluding carboxylic acids is 1. The third kappa shape index (κ3) is 2.21. The van der Waals surface area contributed by atoms with Crippen LogP contribution in [0.5, 0.6) is 5.75 Å². The maximum atomic E-state index is 11.9. The molecule has 86 valence electrons. The maximum absolute atomic E-state index is 11.9. The van der Waals surface area contributed by atoms with E-state index < -0.39 is 0 Å². The molecule has 0 spiro atoms. The molecule has 0 atom stereocenters. The van der Waals surface area contributed by atoms with Gasteiger partial charge in [0, 0.05) is 17.4 Å². The van der Waals surface area contributed by atoms with Crippen LogP contribution in [0.2, 0.25) is 0 Å². The van der Waals surface area contributed by atoms with Crippen LogP contribution in [0.25, 0.3) is 0 Å². The number of nitrogens with one attached hydrogen (secondary N) is 1. The molecule has 16 heavy (non-hydrogen) atoms. The SMILES string of the molecule is CCCNC(=O)c1cc(Br)cc2c1OCC2. The van der Waals surface area contributed by atoms with E-state index in [1.165, 1.54) is 0 Å². The average Bonchev–Trinajstić information content (AvgIpc) is 2.72. The van der Waals surface area contributed by atoms with Crippen LogP contribution in [-0.2, 0) is 6.42 Å². The van der Waals surface area contributed by atoms with Gasteiger partial charge in [-0.3, -0.25) is 4.79 Å². The van der Waals surface area contributed by atoms with Gasteiger partial charge in [-0.25, -0.2) is 0 Å². The number of carbonyl (C=O) groups is 1. The molecule has 0 fully saturated rings. The van der Waals surface area contributed by atoms with Gasteiger partial charge in [0.2, 0.25) is 0 Å². The van der Waals surface area contributed by atoms with Gasteiger partial charge in [-0.2, -0.15) is 0 Å². The Morgan fingerprint density at radius 2 is 2.38 bits per heavy atom. The highest BCUT2D eigenvalue weighted by Gasteiger charge is 2.21. The average molecular weight is 284 g/mol. The van der Waals surface area contributed by atoms with Crippen molar-refractivity contribution in [3.63, 3.8) is 0 Å². The van der Waals surface area contributed by atoms with Crippen LogP contribution in [0.4, 0.5) is 0 Å². The molecule has 0 radical (unpaired) electrons. The number of fused-ring (bicyclic) bond motifs is 1. The van der Waals surface area contributed by atoms with Crippen LogP contribution in [0, 0.1) is 0 Å². The highest BCUT2D eigenvalue weighted by Crippen LogP contribution is 2.32. The summed E-state index contributed by atoms with van der Waals surface area (Å²) in [6.45, 7) is 3.39. The molecule has 1 N–H and O–H groups in total. The first-order chi connectivity index (χ1) is 7.72. The minimum atomic E-state index is -0.0544. The fourth-order valence-corrected chi connectivity index (χ4v) is 2.28. The Bertz CT molecular complexity index is 418. The highest BCUT2D eigenvalue weighted by atomic mass is 79.9. The second-order valence-corrected chi connectivity index (χ2v) is 4.71. The Morgan fingerprint density at radius 3 is 3.12 bits per heavy atom. The molecule has 0 aliphatic carbocycles. The molecule has 4 heteroatoms.